The van der Waals surface area contributed by atoms with E-state index < -0.39 is 47.2 Å². The van der Waals surface area contributed by atoms with Gasteiger partial charge in [-0.05, 0) is 89.6 Å². The van der Waals surface area contributed by atoms with E-state index in [4.69, 9.17) is 18.9 Å². The number of methoxy groups -OCH3 is 1. The first-order valence-electron chi connectivity index (χ1n) is 16.8. The SMILES string of the molecule is COc1ccc2cc(C(=O)NCCC(=O)OC(C)(C)C)ccc2c1CN1C(=O)[C@@H](NC(=O)[C@H](C)N(C)C(=O)OC(C)(C)C)COc2ccccc21. The summed E-state index contributed by atoms with van der Waals surface area (Å²) in [4.78, 5) is 68.0. The number of carbonyl (C=O) groups is 5. The Hall–Kier alpha value is -5.33. The molecule has 4 amide bonds. The van der Waals surface area contributed by atoms with Crippen LogP contribution in [-0.2, 0) is 30.4 Å². The van der Waals surface area contributed by atoms with Crippen molar-refractivity contribution in [2.75, 3.05) is 32.2 Å². The van der Waals surface area contributed by atoms with Gasteiger partial charge in [-0.2, -0.15) is 0 Å². The predicted molar refractivity (Wildman–Crippen MR) is 192 cm³/mol. The minimum Gasteiger partial charge on any atom is -0.496 e. The summed E-state index contributed by atoms with van der Waals surface area (Å²) in [7, 11) is 2.99. The molecule has 0 aliphatic carbocycles. The van der Waals surface area contributed by atoms with Crippen LogP contribution in [0.1, 0.15) is 70.8 Å². The van der Waals surface area contributed by atoms with E-state index >= 15 is 0 Å². The molecule has 0 spiro atoms. The van der Waals surface area contributed by atoms with Gasteiger partial charge in [0.05, 0.1) is 25.8 Å². The number of benzene rings is 3. The molecule has 13 heteroatoms. The molecule has 0 saturated carbocycles. The number of nitrogens with zero attached hydrogens (tertiary/aromatic N) is 2. The first kappa shape index (κ1) is 38.5. The lowest BCUT2D eigenvalue weighted by molar-refractivity contribution is -0.154. The van der Waals surface area contributed by atoms with Gasteiger partial charge in [0.15, 0.2) is 0 Å². The molecule has 1 aliphatic heterocycles. The lowest BCUT2D eigenvalue weighted by Gasteiger charge is -2.30. The molecule has 2 N–H and O–H groups in total. The van der Waals surface area contributed by atoms with Crippen LogP contribution >= 0.6 is 0 Å². The van der Waals surface area contributed by atoms with Crippen molar-refractivity contribution in [2.24, 2.45) is 0 Å². The number of hydrogen-bond donors (Lipinski definition) is 2. The minimum atomic E-state index is -1.09. The fourth-order valence-electron chi connectivity index (χ4n) is 5.38. The molecule has 3 aromatic rings. The molecule has 0 fully saturated rings. The molecule has 51 heavy (non-hydrogen) atoms. The Bertz CT molecular complexity index is 1790. The highest BCUT2D eigenvalue weighted by molar-refractivity contribution is 6.03. The van der Waals surface area contributed by atoms with Crippen molar-refractivity contribution in [3.63, 3.8) is 0 Å². The highest BCUT2D eigenvalue weighted by Crippen LogP contribution is 2.36. The Morgan fingerprint density at radius 2 is 1.67 bits per heavy atom. The monoisotopic (exact) mass is 704 g/mol. The summed E-state index contributed by atoms with van der Waals surface area (Å²) in [5, 5.41) is 6.99. The molecule has 0 bridgehead atoms. The zero-order valence-electron chi connectivity index (χ0n) is 30.7. The number of rotatable bonds is 10. The maximum atomic E-state index is 14.3. The number of amides is 4. The molecule has 1 heterocycles. The smallest absolute Gasteiger partial charge is 0.410 e. The molecule has 2 atom stereocenters. The zero-order chi connectivity index (χ0) is 37.7. The largest absolute Gasteiger partial charge is 0.496 e. The van der Waals surface area contributed by atoms with Gasteiger partial charge in [0.2, 0.25) is 5.91 Å². The highest BCUT2D eigenvalue weighted by atomic mass is 16.6. The maximum Gasteiger partial charge on any atom is 0.410 e. The van der Waals surface area contributed by atoms with Crippen LogP contribution < -0.4 is 25.0 Å². The van der Waals surface area contributed by atoms with Crippen molar-refractivity contribution >= 4 is 46.2 Å². The van der Waals surface area contributed by atoms with E-state index in [0.717, 1.165) is 10.8 Å². The second-order valence-corrected chi connectivity index (χ2v) is 14.3. The van der Waals surface area contributed by atoms with Crippen LogP contribution in [0.15, 0.2) is 54.6 Å². The Morgan fingerprint density at radius 3 is 2.33 bits per heavy atom. The van der Waals surface area contributed by atoms with Crippen molar-refractivity contribution in [1.82, 2.24) is 15.5 Å². The number of hydrogen-bond acceptors (Lipinski definition) is 9. The fourth-order valence-corrected chi connectivity index (χ4v) is 5.38. The lowest BCUT2D eigenvalue weighted by atomic mass is 9.99. The molecule has 0 radical (unpaired) electrons. The summed E-state index contributed by atoms with van der Waals surface area (Å²) in [6, 6.07) is 13.8. The summed E-state index contributed by atoms with van der Waals surface area (Å²) in [6.45, 7) is 12.1. The fraction of sp³-hybridized carbons (Fsp3) is 0.447. The van der Waals surface area contributed by atoms with Gasteiger partial charge in [-0.3, -0.25) is 24.1 Å². The zero-order valence-corrected chi connectivity index (χ0v) is 30.7. The molecule has 1 aliphatic rings. The standard InChI is InChI=1S/C38H48N4O9/c1-23(41(8)36(47)51-38(5,6)7)33(44)40-28-22-49-31-13-11-10-12-29(31)42(35(28)46)21-27-26-16-14-25(20-24(26)15-17-30(27)48-9)34(45)39-19-18-32(43)50-37(2,3)4/h10-17,20,23,28H,18-19,21-22H2,1-9H3,(H,39,45)(H,40,44)/t23-,28-/m0/s1. The van der Waals surface area contributed by atoms with Crippen LogP contribution in [0, 0.1) is 0 Å². The number of carbonyl (C=O) groups excluding carboxylic acids is 5. The van der Waals surface area contributed by atoms with Crippen molar-refractivity contribution in [3.05, 3.63) is 65.7 Å². The van der Waals surface area contributed by atoms with Gasteiger partial charge in [-0.1, -0.05) is 24.3 Å². The first-order chi connectivity index (χ1) is 23.9. The van der Waals surface area contributed by atoms with E-state index in [1.807, 2.05) is 6.07 Å². The maximum absolute atomic E-state index is 14.3. The Labute approximate surface area is 298 Å². The number of anilines is 1. The van der Waals surface area contributed by atoms with Crippen LogP contribution in [-0.4, -0.2) is 85.3 Å². The molecule has 0 aromatic heterocycles. The average Bonchev–Trinajstić information content (AvgIpc) is 3.18. The van der Waals surface area contributed by atoms with Gasteiger partial charge >= 0.3 is 12.1 Å². The Balaban J connectivity index is 1.58. The molecule has 0 saturated heterocycles. The highest BCUT2D eigenvalue weighted by Gasteiger charge is 2.36. The van der Waals surface area contributed by atoms with Crippen LogP contribution in [0.2, 0.25) is 0 Å². The van der Waals surface area contributed by atoms with Crippen LogP contribution in [0.4, 0.5) is 10.5 Å². The molecule has 274 valence electrons. The third-order valence-electron chi connectivity index (χ3n) is 8.01. The number of ether oxygens (including phenoxy) is 4. The number of para-hydroxylation sites is 2. The first-order valence-corrected chi connectivity index (χ1v) is 16.8. The van der Waals surface area contributed by atoms with Gasteiger partial charge < -0.3 is 34.5 Å². The minimum absolute atomic E-state index is 0.0355. The Kier molecular flexibility index (Phi) is 11.8. The van der Waals surface area contributed by atoms with Gasteiger partial charge in [0.1, 0.15) is 41.4 Å². The number of fused-ring (bicyclic) bond motifs is 2. The van der Waals surface area contributed by atoms with Crippen molar-refractivity contribution < 1.29 is 42.9 Å². The third-order valence-corrected chi connectivity index (χ3v) is 8.01. The van der Waals surface area contributed by atoms with Crippen molar-refractivity contribution in [2.45, 2.75) is 84.7 Å². The number of nitrogens with one attached hydrogen (secondary N) is 2. The summed E-state index contributed by atoms with van der Waals surface area (Å²) < 4.78 is 22.5. The van der Waals surface area contributed by atoms with Gasteiger partial charge in [-0.15, -0.1) is 0 Å². The van der Waals surface area contributed by atoms with Crippen LogP contribution in [0.3, 0.4) is 0 Å². The third kappa shape index (κ3) is 9.89. The van der Waals surface area contributed by atoms with Crippen LogP contribution in [0.5, 0.6) is 11.5 Å². The topological polar surface area (TPSA) is 153 Å². The van der Waals surface area contributed by atoms with E-state index in [1.54, 1.807) is 97.0 Å². The van der Waals surface area contributed by atoms with Gasteiger partial charge in [0.25, 0.3) is 11.8 Å². The summed E-state index contributed by atoms with van der Waals surface area (Å²) >= 11 is 0. The van der Waals surface area contributed by atoms with E-state index in [-0.39, 0.29) is 32.0 Å². The molecular formula is C38H48N4O9. The van der Waals surface area contributed by atoms with Gasteiger partial charge in [-0.25, -0.2) is 4.79 Å². The quantitative estimate of drug-likeness (QED) is 0.279. The normalized spacial score (nSPS) is 15.1. The predicted octanol–water partition coefficient (Wildman–Crippen LogP) is 4.98. The molecular weight excluding hydrogens is 656 g/mol. The summed E-state index contributed by atoms with van der Waals surface area (Å²) in [5.74, 6) is -0.780. The van der Waals surface area contributed by atoms with E-state index in [9.17, 15) is 24.0 Å². The van der Waals surface area contributed by atoms with Crippen molar-refractivity contribution in [1.29, 1.82) is 0 Å². The average molecular weight is 705 g/mol. The van der Waals surface area contributed by atoms with E-state index in [2.05, 4.69) is 10.6 Å². The second-order valence-electron chi connectivity index (χ2n) is 14.3. The van der Waals surface area contributed by atoms with E-state index in [1.165, 1.54) is 24.0 Å². The van der Waals surface area contributed by atoms with Crippen LogP contribution in [0.25, 0.3) is 10.8 Å². The lowest BCUT2D eigenvalue weighted by Crippen LogP contribution is -2.55. The molecule has 4 rings (SSSR count). The summed E-state index contributed by atoms with van der Waals surface area (Å²) in [6.07, 6.45) is -0.638. The molecule has 0 unspecified atom stereocenters. The van der Waals surface area contributed by atoms with Crippen molar-refractivity contribution in [3.8, 4) is 11.5 Å². The summed E-state index contributed by atoms with van der Waals surface area (Å²) in [5.41, 5.74) is 0.191. The second kappa shape index (κ2) is 15.7. The van der Waals surface area contributed by atoms with Gasteiger partial charge in [0, 0.05) is 24.7 Å². The number of esters is 1. The number of likely N-dealkylation sites (N-methyl/N-ethyl adjacent to an activating group) is 1. The van der Waals surface area contributed by atoms with E-state index in [0.29, 0.717) is 28.3 Å². The molecule has 13 nitrogen and oxygen atoms in total. The molecule has 3 aromatic carbocycles. The Morgan fingerprint density at radius 1 is 0.980 bits per heavy atom.